The maximum atomic E-state index is 12.5. The smallest absolute Gasteiger partial charge is 0.273 e. The van der Waals surface area contributed by atoms with Gasteiger partial charge in [0.1, 0.15) is 5.69 Å². The van der Waals surface area contributed by atoms with Gasteiger partial charge < -0.3 is 0 Å². The van der Waals surface area contributed by atoms with Gasteiger partial charge in [-0.25, -0.2) is 10.1 Å². The Morgan fingerprint density at radius 2 is 1.75 bits per heavy atom. The number of Topliss-reactive ketones (excluding diaryl/α,β-unsaturated/α-hetero) is 1. The number of nitriles is 1. The number of hydrogen-bond donors (Lipinski definition) is 0. The second kappa shape index (κ2) is 4.42. The molecule has 5 heteroatoms. The zero-order valence-electron chi connectivity index (χ0n) is 10.2. The second-order valence-electron chi connectivity index (χ2n) is 4.08. The molecule has 0 amide bonds. The Balaban J connectivity index is 2.46. The van der Waals surface area contributed by atoms with Gasteiger partial charge in [0.15, 0.2) is 5.78 Å². The van der Waals surface area contributed by atoms with E-state index >= 15 is 0 Å². The van der Waals surface area contributed by atoms with Gasteiger partial charge in [-0.05, 0) is 18.2 Å². The summed E-state index contributed by atoms with van der Waals surface area (Å²) in [6.45, 7) is 7.07. The average molecular weight is 258 g/mol. The summed E-state index contributed by atoms with van der Waals surface area (Å²) >= 11 is 0. The zero-order valence-corrected chi connectivity index (χ0v) is 10.2. The van der Waals surface area contributed by atoms with Gasteiger partial charge in [0.25, 0.3) is 5.70 Å². The van der Waals surface area contributed by atoms with E-state index in [1.165, 1.54) is 0 Å². The van der Waals surface area contributed by atoms with E-state index in [2.05, 4.69) is 14.8 Å². The molecule has 2 aromatic rings. The Labute approximate surface area is 114 Å². The van der Waals surface area contributed by atoms with E-state index in [-0.39, 0.29) is 17.1 Å². The van der Waals surface area contributed by atoms with Crippen molar-refractivity contribution in [1.29, 1.82) is 5.26 Å². The minimum Gasteiger partial charge on any atom is -0.290 e. The molecule has 0 saturated heterocycles. The van der Waals surface area contributed by atoms with Crippen molar-refractivity contribution in [2.24, 2.45) is 0 Å². The van der Waals surface area contributed by atoms with Crippen LogP contribution >= 0.6 is 0 Å². The number of carbonyl (C=O) groups is 1. The summed E-state index contributed by atoms with van der Waals surface area (Å²) in [5, 5.41) is 9.06. The van der Waals surface area contributed by atoms with Gasteiger partial charge in [-0.3, -0.25) is 14.8 Å². The second-order valence-corrected chi connectivity index (χ2v) is 4.08. The number of carbonyl (C=O) groups excluding carboxylic acids is 1. The average Bonchev–Trinajstić information content (AvgIpc) is 2.51. The third-order valence-corrected chi connectivity index (χ3v) is 3.04. The molecule has 0 bridgehead atoms. The Hall–Kier alpha value is -3.31. The van der Waals surface area contributed by atoms with Crippen LogP contribution in [0, 0.1) is 17.9 Å². The normalized spacial score (nSPS) is 14.6. The van der Waals surface area contributed by atoms with Crippen LogP contribution in [0.5, 0.6) is 0 Å². The maximum Gasteiger partial charge on any atom is 0.273 e. The molecule has 5 nitrogen and oxygen atoms in total. The molecule has 0 spiro atoms. The summed E-state index contributed by atoms with van der Waals surface area (Å²) in [6, 6.07) is 8.39. The summed E-state index contributed by atoms with van der Waals surface area (Å²) in [5.74, 6) is -0.360. The summed E-state index contributed by atoms with van der Waals surface area (Å²) in [4.78, 5) is 24.1. The van der Waals surface area contributed by atoms with Crippen LogP contribution in [0.15, 0.2) is 42.4 Å². The predicted octanol–water partition coefficient (Wildman–Crippen LogP) is 2.49. The molecule has 0 atom stereocenters. The summed E-state index contributed by atoms with van der Waals surface area (Å²) in [7, 11) is 0. The molecule has 1 aliphatic rings. The van der Waals surface area contributed by atoms with Gasteiger partial charge in [0.05, 0.1) is 18.3 Å². The number of pyridine rings is 2. The first-order valence-corrected chi connectivity index (χ1v) is 5.75. The monoisotopic (exact) mass is 258 g/mol. The lowest BCUT2D eigenvalue weighted by atomic mass is 9.86. The Morgan fingerprint density at radius 1 is 1.15 bits per heavy atom. The SMILES string of the molecule is [C-]#[N+]/C(C#N)=C1\C(=O)c2cccnc2-c2ncccc21. The van der Waals surface area contributed by atoms with Crippen molar-refractivity contribution < 1.29 is 4.79 Å². The van der Waals surface area contributed by atoms with E-state index < -0.39 is 0 Å². The Kier molecular flexibility index (Phi) is 2.60. The predicted molar refractivity (Wildman–Crippen MR) is 70.9 cm³/mol. The molecule has 3 rings (SSSR count). The number of allylic oxidation sites excluding steroid dienone is 2. The van der Waals surface area contributed by atoms with Crippen LogP contribution in [-0.4, -0.2) is 15.8 Å². The molecule has 2 heterocycles. The first kappa shape index (κ1) is 11.8. The van der Waals surface area contributed by atoms with Gasteiger partial charge in [-0.2, -0.15) is 0 Å². The molecule has 20 heavy (non-hydrogen) atoms. The van der Waals surface area contributed by atoms with Crippen molar-refractivity contribution in [3.8, 4) is 17.5 Å². The molecule has 0 saturated carbocycles. The standard InChI is InChI=1S/C15H6N4O/c1-17-11(8-16)12-9-4-2-6-18-13(9)14-10(15(12)20)5-3-7-19-14/h2-7H/b12-11-. The fourth-order valence-corrected chi connectivity index (χ4v) is 2.20. The lowest BCUT2D eigenvalue weighted by Crippen LogP contribution is -2.14. The fourth-order valence-electron chi connectivity index (χ4n) is 2.20. The number of rotatable bonds is 0. The van der Waals surface area contributed by atoms with Crippen molar-refractivity contribution in [2.45, 2.75) is 0 Å². The number of nitrogens with zero attached hydrogens (tertiary/aromatic N) is 4. The van der Waals surface area contributed by atoms with Crippen LogP contribution in [0.25, 0.3) is 21.8 Å². The zero-order chi connectivity index (χ0) is 14.1. The Morgan fingerprint density at radius 3 is 2.35 bits per heavy atom. The van der Waals surface area contributed by atoms with E-state index in [1.807, 2.05) is 0 Å². The molecule has 0 fully saturated rings. The number of ketones is 1. The van der Waals surface area contributed by atoms with Crippen molar-refractivity contribution in [3.63, 3.8) is 0 Å². The number of fused-ring (bicyclic) bond motifs is 3. The minimum atomic E-state index is -0.360. The van der Waals surface area contributed by atoms with Crippen LogP contribution < -0.4 is 0 Å². The minimum absolute atomic E-state index is 0.103. The van der Waals surface area contributed by atoms with Crippen molar-refractivity contribution >= 4 is 11.4 Å². The fraction of sp³-hybridized carbons (Fsp3) is 0. The van der Waals surface area contributed by atoms with Gasteiger partial charge >= 0.3 is 0 Å². The topological polar surface area (TPSA) is 71.0 Å². The summed E-state index contributed by atoms with van der Waals surface area (Å²) in [6.07, 6.45) is 3.17. The summed E-state index contributed by atoms with van der Waals surface area (Å²) in [5.41, 5.74) is 1.74. The first-order chi connectivity index (χ1) is 9.77. The molecule has 1 aliphatic carbocycles. The number of hydrogen-bond acceptors (Lipinski definition) is 4. The largest absolute Gasteiger partial charge is 0.290 e. The lowest BCUT2D eigenvalue weighted by molar-refractivity contribution is 0.105. The van der Waals surface area contributed by atoms with Crippen LogP contribution in [0.4, 0.5) is 0 Å². The van der Waals surface area contributed by atoms with Gasteiger partial charge in [-0.15, -0.1) is 0 Å². The molecule has 0 radical (unpaired) electrons. The van der Waals surface area contributed by atoms with Crippen LogP contribution in [0.3, 0.4) is 0 Å². The van der Waals surface area contributed by atoms with Crippen molar-refractivity contribution in [3.05, 3.63) is 64.9 Å². The highest BCUT2D eigenvalue weighted by atomic mass is 16.1. The van der Waals surface area contributed by atoms with Crippen molar-refractivity contribution in [2.75, 3.05) is 0 Å². The highest BCUT2D eigenvalue weighted by molar-refractivity contribution is 6.34. The van der Waals surface area contributed by atoms with Gasteiger partial charge in [0, 0.05) is 29.1 Å². The van der Waals surface area contributed by atoms with Crippen molar-refractivity contribution in [1.82, 2.24) is 9.97 Å². The molecule has 0 N–H and O–H groups in total. The van der Waals surface area contributed by atoms with E-state index in [4.69, 9.17) is 11.8 Å². The van der Waals surface area contributed by atoms with E-state index in [0.717, 1.165) is 0 Å². The van der Waals surface area contributed by atoms with E-state index in [0.29, 0.717) is 22.5 Å². The molecular weight excluding hydrogens is 252 g/mol. The molecule has 0 aliphatic heterocycles. The molecule has 92 valence electrons. The third-order valence-electron chi connectivity index (χ3n) is 3.04. The van der Waals surface area contributed by atoms with Crippen LogP contribution in [0.1, 0.15) is 15.9 Å². The molecular formula is C15H6N4O. The Bertz CT molecular complexity index is 837. The van der Waals surface area contributed by atoms with Gasteiger partial charge in [-0.1, -0.05) is 6.07 Å². The number of aromatic nitrogens is 2. The first-order valence-electron chi connectivity index (χ1n) is 5.75. The van der Waals surface area contributed by atoms with Gasteiger partial charge in [0.2, 0.25) is 0 Å². The lowest BCUT2D eigenvalue weighted by Gasteiger charge is -2.19. The third kappa shape index (κ3) is 1.51. The molecule has 0 unspecified atom stereocenters. The maximum absolute atomic E-state index is 12.5. The molecule has 2 aromatic heterocycles. The highest BCUT2D eigenvalue weighted by Gasteiger charge is 2.31. The van der Waals surface area contributed by atoms with Crippen LogP contribution in [0.2, 0.25) is 0 Å². The quantitative estimate of drug-likeness (QED) is 0.413. The summed E-state index contributed by atoms with van der Waals surface area (Å²) < 4.78 is 0. The van der Waals surface area contributed by atoms with Crippen LogP contribution in [-0.2, 0) is 0 Å². The molecule has 0 aromatic carbocycles. The van der Waals surface area contributed by atoms with E-state index in [1.54, 1.807) is 42.7 Å². The van der Waals surface area contributed by atoms with E-state index in [9.17, 15) is 4.79 Å². The highest BCUT2D eigenvalue weighted by Crippen LogP contribution is 2.37.